The Hall–Kier alpha value is -0.0900. The number of rotatable bonds is 5. The average Bonchev–Trinajstić information content (AvgIpc) is 1.84. The molecule has 0 bridgehead atoms. The summed E-state index contributed by atoms with van der Waals surface area (Å²) < 4.78 is 21.5. The number of sulfone groups is 1. The van der Waals surface area contributed by atoms with Crippen LogP contribution < -0.4 is 0 Å². The molecule has 10 heavy (non-hydrogen) atoms. The quantitative estimate of drug-likeness (QED) is 0.570. The number of alkyl halides is 1. The minimum absolute atomic E-state index is 0.0563. The van der Waals surface area contributed by atoms with Crippen LogP contribution in [0.25, 0.3) is 0 Å². The molecule has 0 spiro atoms. The minimum atomic E-state index is -3.09. The van der Waals surface area contributed by atoms with Crippen LogP contribution in [0.4, 0.5) is 0 Å². The van der Waals surface area contributed by atoms with Crippen molar-refractivity contribution in [2.45, 2.75) is 6.42 Å². The van der Waals surface area contributed by atoms with Gasteiger partial charge in [0.15, 0.2) is 16.1 Å². The van der Waals surface area contributed by atoms with E-state index in [-0.39, 0.29) is 23.8 Å². The monoisotopic (exact) mass is 183 g/mol. The first-order chi connectivity index (χ1) is 4.62. The molecule has 1 radical (unpaired) electrons. The van der Waals surface area contributed by atoms with Crippen molar-refractivity contribution in [2.24, 2.45) is 0 Å². The Morgan fingerprint density at radius 3 is 2.30 bits per heavy atom. The van der Waals surface area contributed by atoms with E-state index in [1.54, 1.807) is 0 Å². The lowest BCUT2D eigenvalue weighted by atomic mass is 10.6. The maximum atomic E-state index is 10.7. The van der Waals surface area contributed by atoms with Crippen LogP contribution in [0.5, 0.6) is 0 Å². The fourth-order valence-corrected chi connectivity index (χ4v) is 1.96. The van der Waals surface area contributed by atoms with E-state index >= 15 is 0 Å². The van der Waals surface area contributed by atoms with Crippen LogP contribution in [0.15, 0.2) is 0 Å². The molecule has 0 saturated carbocycles. The summed E-state index contributed by atoms with van der Waals surface area (Å²) in [6, 6.07) is 0. The first-order valence-electron chi connectivity index (χ1n) is 2.74. The van der Waals surface area contributed by atoms with E-state index in [0.717, 1.165) is 0 Å². The van der Waals surface area contributed by atoms with Gasteiger partial charge in [-0.15, -0.1) is 11.6 Å². The van der Waals surface area contributed by atoms with Gasteiger partial charge in [0.1, 0.15) is 0 Å². The summed E-state index contributed by atoms with van der Waals surface area (Å²) in [6.07, 6.45) is 1.45. The predicted octanol–water partition coefficient (Wildman–Crippen LogP) is 0.140. The van der Waals surface area contributed by atoms with Crippen LogP contribution >= 0.6 is 11.6 Å². The summed E-state index contributed by atoms with van der Waals surface area (Å²) in [7, 11) is -3.09. The van der Waals surface area contributed by atoms with E-state index in [1.807, 2.05) is 0 Å². The van der Waals surface area contributed by atoms with E-state index in [2.05, 4.69) is 0 Å². The number of hydrogen-bond donors (Lipinski definition) is 0. The van der Waals surface area contributed by atoms with E-state index in [4.69, 9.17) is 11.6 Å². The molecule has 0 aliphatic heterocycles. The Morgan fingerprint density at radius 1 is 1.30 bits per heavy atom. The summed E-state index contributed by atoms with van der Waals surface area (Å²) in [5, 5.41) is 0. The SMILES string of the molecule is O=[C]CCS(=O)(=O)CCCl. The van der Waals surface area contributed by atoms with Crippen LogP contribution in [0, 0.1) is 0 Å². The molecular weight excluding hydrogens is 176 g/mol. The second-order valence-corrected chi connectivity index (χ2v) is 4.42. The van der Waals surface area contributed by atoms with Crippen LogP contribution in [0.2, 0.25) is 0 Å². The van der Waals surface area contributed by atoms with Gasteiger partial charge in [-0.3, -0.25) is 4.79 Å². The third kappa shape index (κ3) is 4.76. The van der Waals surface area contributed by atoms with Crippen LogP contribution in [-0.4, -0.2) is 32.1 Å². The molecule has 0 rings (SSSR count). The van der Waals surface area contributed by atoms with Crippen molar-refractivity contribution in [2.75, 3.05) is 17.4 Å². The van der Waals surface area contributed by atoms with Crippen LogP contribution in [0.1, 0.15) is 6.42 Å². The molecule has 0 amide bonds. The van der Waals surface area contributed by atoms with E-state index in [0.29, 0.717) is 0 Å². The van der Waals surface area contributed by atoms with Gasteiger partial charge in [-0.25, -0.2) is 8.42 Å². The average molecular weight is 184 g/mol. The van der Waals surface area contributed by atoms with Gasteiger partial charge in [-0.05, 0) is 0 Å². The van der Waals surface area contributed by atoms with E-state index in [1.165, 1.54) is 6.29 Å². The molecule has 0 aliphatic carbocycles. The molecule has 0 unspecified atom stereocenters. The van der Waals surface area contributed by atoms with Crippen molar-refractivity contribution in [3.8, 4) is 0 Å². The molecular formula is C5H8ClO3S. The van der Waals surface area contributed by atoms with Crippen molar-refractivity contribution in [1.29, 1.82) is 0 Å². The van der Waals surface area contributed by atoms with Crippen LogP contribution in [0.3, 0.4) is 0 Å². The first kappa shape index (κ1) is 9.91. The van der Waals surface area contributed by atoms with Gasteiger partial charge in [-0.1, -0.05) is 0 Å². The Bertz CT molecular complexity index is 185. The van der Waals surface area contributed by atoms with Gasteiger partial charge in [0.2, 0.25) is 0 Å². The molecule has 0 fully saturated rings. The highest BCUT2D eigenvalue weighted by molar-refractivity contribution is 7.91. The van der Waals surface area contributed by atoms with E-state index < -0.39 is 9.84 Å². The van der Waals surface area contributed by atoms with E-state index in [9.17, 15) is 13.2 Å². The van der Waals surface area contributed by atoms with Crippen molar-refractivity contribution < 1.29 is 13.2 Å². The van der Waals surface area contributed by atoms with Crippen molar-refractivity contribution >= 4 is 27.7 Å². The Balaban J connectivity index is 3.76. The lowest BCUT2D eigenvalue weighted by molar-refractivity contribution is 0.552. The molecule has 0 heterocycles. The zero-order chi connectivity index (χ0) is 8.04. The zero-order valence-electron chi connectivity index (χ0n) is 5.34. The molecule has 59 valence electrons. The molecule has 0 aliphatic rings. The lowest BCUT2D eigenvalue weighted by Crippen LogP contribution is -2.12. The van der Waals surface area contributed by atoms with Gasteiger partial charge >= 0.3 is 0 Å². The number of halogens is 1. The molecule has 0 saturated heterocycles. The first-order valence-corrected chi connectivity index (χ1v) is 5.09. The van der Waals surface area contributed by atoms with Gasteiger partial charge in [0.25, 0.3) is 0 Å². The zero-order valence-corrected chi connectivity index (χ0v) is 6.91. The van der Waals surface area contributed by atoms with Gasteiger partial charge in [-0.2, -0.15) is 0 Å². The number of hydrogen-bond acceptors (Lipinski definition) is 3. The van der Waals surface area contributed by atoms with Gasteiger partial charge in [0, 0.05) is 12.3 Å². The maximum absolute atomic E-state index is 10.7. The Morgan fingerprint density at radius 2 is 1.90 bits per heavy atom. The second-order valence-electron chi connectivity index (χ2n) is 1.74. The summed E-state index contributed by atoms with van der Waals surface area (Å²) in [4.78, 5) is 9.63. The van der Waals surface area contributed by atoms with Crippen molar-refractivity contribution in [1.82, 2.24) is 0 Å². The lowest BCUT2D eigenvalue weighted by Gasteiger charge is -1.95. The highest BCUT2D eigenvalue weighted by Crippen LogP contribution is 1.93. The second kappa shape index (κ2) is 4.68. The molecule has 0 aromatic rings. The molecule has 0 aromatic heterocycles. The van der Waals surface area contributed by atoms with Crippen molar-refractivity contribution in [3.05, 3.63) is 0 Å². The molecule has 0 N–H and O–H groups in total. The normalized spacial score (nSPS) is 11.3. The maximum Gasteiger partial charge on any atom is 0.199 e. The summed E-state index contributed by atoms with van der Waals surface area (Å²) in [5.74, 6) is -0.110. The predicted molar refractivity (Wildman–Crippen MR) is 39.7 cm³/mol. The molecule has 5 heteroatoms. The third-order valence-electron chi connectivity index (χ3n) is 0.903. The highest BCUT2D eigenvalue weighted by atomic mass is 35.5. The fourth-order valence-electron chi connectivity index (χ4n) is 0.417. The Kier molecular flexibility index (Phi) is 4.64. The number of carbonyl (C=O) groups excluding carboxylic acids is 1. The molecule has 3 nitrogen and oxygen atoms in total. The summed E-state index contributed by atoms with van der Waals surface area (Å²) in [6.45, 7) is 0. The van der Waals surface area contributed by atoms with Gasteiger partial charge in [0.05, 0.1) is 11.5 Å². The summed E-state index contributed by atoms with van der Waals surface area (Å²) >= 11 is 5.19. The molecule has 0 atom stereocenters. The summed E-state index contributed by atoms with van der Waals surface area (Å²) in [5.41, 5.74) is 0. The standard InChI is InChI=1S/C5H8ClO3S/c6-2-5-10(8,9)4-1-3-7/h1-2,4-5H2. The minimum Gasteiger partial charge on any atom is -0.291 e. The largest absolute Gasteiger partial charge is 0.291 e. The smallest absolute Gasteiger partial charge is 0.199 e. The van der Waals surface area contributed by atoms with Crippen LogP contribution in [-0.2, 0) is 14.6 Å². The van der Waals surface area contributed by atoms with Crippen molar-refractivity contribution in [3.63, 3.8) is 0 Å². The Labute approximate surface area is 65.3 Å². The topological polar surface area (TPSA) is 51.2 Å². The fraction of sp³-hybridized carbons (Fsp3) is 0.800. The third-order valence-corrected chi connectivity index (χ3v) is 2.97. The molecule has 0 aromatic carbocycles. The highest BCUT2D eigenvalue weighted by Gasteiger charge is 2.08. The van der Waals surface area contributed by atoms with Gasteiger partial charge < -0.3 is 0 Å².